The van der Waals surface area contributed by atoms with Gasteiger partial charge in [-0.2, -0.15) is 0 Å². The minimum atomic E-state index is 0.168. The lowest BCUT2D eigenvalue weighted by Crippen LogP contribution is -2.56. The average Bonchev–Trinajstić information content (AvgIpc) is 2.29. The van der Waals surface area contributed by atoms with E-state index in [9.17, 15) is 0 Å². The van der Waals surface area contributed by atoms with Gasteiger partial charge in [-0.3, -0.25) is 0 Å². The van der Waals surface area contributed by atoms with Crippen LogP contribution in [0, 0.1) is 0 Å². The van der Waals surface area contributed by atoms with E-state index in [0.717, 1.165) is 6.54 Å². The Morgan fingerprint density at radius 1 is 1.12 bits per heavy atom. The van der Waals surface area contributed by atoms with E-state index in [1.807, 2.05) is 7.11 Å². The van der Waals surface area contributed by atoms with E-state index >= 15 is 0 Å². The van der Waals surface area contributed by atoms with Gasteiger partial charge in [0.25, 0.3) is 0 Å². The Morgan fingerprint density at radius 3 is 2.35 bits per heavy atom. The molecule has 2 heteroatoms. The minimum Gasteiger partial charge on any atom is -0.377 e. The van der Waals surface area contributed by atoms with E-state index in [4.69, 9.17) is 4.74 Å². The molecule has 17 heavy (non-hydrogen) atoms. The predicted octanol–water partition coefficient (Wildman–Crippen LogP) is 3.89. The zero-order chi connectivity index (χ0) is 12.6. The van der Waals surface area contributed by atoms with Crippen LogP contribution in [0.15, 0.2) is 0 Å². The predicted molar refractivity (Wildman–Crippen MR) is 74.4 cm³/mol. The Bertz CT molecular complexity index is 184. The van der Waals surface area contributed by atoms with E-state index < -0.39 is 0 Å². The number of hydrogen-bond acceptors (Lipinski definition) is 2. The Morgan fingerprint density at radius 2 is 1.88 bits per heavy atom. The van der Waals surface area contributed by atoms with Gasteiger partial charge in [-0.1, -0.05) is 39.5 Å². The van der Waals surface area contributed by atoms with Crippen LogP contribution in [0.1, 0.15) is 71.6 Å². The molecule has 1 saturated carbocycles. The van der Waals surface area contributed by atoms with Crippen molar-refractivity contribution in [2.75, 3.05) is 13.7 Å². The fourth-order valence-electron chi connectivity index (χ4n) is 2.87. The fourth-order valence-corrected chi connectivity index (χ4v) is 2.87. The topological polar surface area (TPSA) is 21.3 Å². The standard InChI is InChI=1S/C15H31NO/c1-4-6-7-8-10-14(16-13-5-2)15(17-3)11-9-12-15/h14,16H,4-13H2,1-3H3. The minimum absolute atomic E-state index is 0.168. The van der Waals surface area contributed by atoms with Crippen LogP contribution in [0.2, 0.25) is 0 Å². The summed E-state index contributed by atoms with van der Waals surface area (Å²) >= 11 is 0. The molecule has 1 rings (SSSR count). The molecule has 1 fully saturated rings. The fraction of sp³-hybridized carbons (Fsp3) is 1.00. The van der Waals surface area contributed by atoms with E-state index in [1.165, 1.54) is 57.8 Å². The third kappa shape index (κ3) is 4.26. The van der Waals surface area contributed by atoms with Crippen molar-refractivity contribution in [1.82, 2.24) is 5.32 Å². The van der Waals surface area contributed by atoms with Gasteiger partial charge in [-0.15, -0.1) is 0 Å². The smallest absolute Gasteiger partial charge is 0.0831 e. The lowest BCUT2D eigenvalue weighted by Gasteiger charge is -2.47. The van der Waals surface area contributed by atoms with E-state index in [2.05, 4.69) is 19.2 Å². The zero-order valence-electron chi connectivity index (χ0n) is 12.1. The maximum atomic E-state index is 5.83. The molecule has 0 aromatic heterocycles. The second-order valence-corrected chi connectivity index (χ2v) is 5.48. The second-order valence-electron chi connectivity index (χ2n) is 5.48. The van der Waals surface area contributed by atoms with Gasteiger partial charge in [0.05, 0.1) is 5.60 Å². The summed E-state index contributed by atoms with van der Waals surface area (Å²) in [4.78, 5) is 0. The van der Waals surface area contributed by atoms with Gasteiger partial charge < -0.3 is 10.1 Å². The summed E-state index contributed by atoms with van der Waals surface area (Å²) in [6, 6.07) is 0.582. The first kappa shape index (κ1) is 15.0. The first-order valence-corrected chi connectivity index (χ1v) is 7.57. The number of ether oxygens (including phenoxy) is 1. The van der Waals surface area contributed by atoms with Gasteiger partial charge in [0.15, 0.2) is 0 Å². The van der Waals surface area contributed by atoms with Crippen LogP contribution >= 0.6 is 0 Å². The number of rotatable bonds is 10. The molecule has 2 nitrogen and oxygen atoms in total. The van der Waals surface area contributed by atoms with Crippen LogP contribution in [0.3, 0.4) is 0 Å². The average molecular weight is 241 g/mol. The molecule has 102 valence electrons. The van der Waals surface area contributed by atoms with Gasteiger partial charge >= 0.3 is 0 Å². The van der Waals surface area contributed by atoms with Crippen LogP contribution in [-0.4, -0.2) is 25.3 Å². The first-order chi connectivity index (χ1) is 8.29. The third-order valence-corrected chi connectivity index (χ3v) is 4.23. The van der Waals surface area contributed by atoms with Crippen molar-refractivity contribution in [2.24, 2.45) is 0 Å². The number of hydrogen-bond donors (Lipinski definition) is 1. The summed E-state index contributed by atoms with van der Waals surface area (Å²) in [7, 11) is 1.89. The monoisotopic (exact) mass is 241 g/mol. The van der Waals surface area contributed by atoms with Gasteiger partial charge in [-0.25, -0.2) is 0 Å². The molecule has 0 amide bonds. The number of methoxy groups -OCH3 is 1. The van der Waals surface area contributed by atoms with Crippen LogP contribution in [0.4, 0.5) is 0 Å². The molecular formula is C15H31NO. The summed E-state index contributed by atoms with van der Waals surface area (Å²) in [5.74, 6) is 0. The van der Waals surface area contributed by atoms with E-state index in [0.29, 0.717) is 6.04 Å². The molecule has 0 bridgehead atoms. The van der Waals surface area contributed by atoms with Crippen LogP contribution in [0.25, 0.3) is 0 Å². The second kappa shape index (κ2) is 8.10. The first-order valence-electron chi connectivity index (χ1n) is 7.57. The molecule has 1 aliphatic rings. The van der Waals surface area contributed by atoms with E-state index in [1.54, 1.807) is 0 Å². The highest BCUT2D eigenvalue weighted by atomic mass is 16.5. The van der Waals surface area contributed by atoms with Crippen molar-refractivity contribution in [2.45, 2.75) is 83.3 Å². The lowest BCUT2D eigenvalue weighted by molar-refractivity contribution is -0.100. The summed E-state index contributed by atoms with van der Waals surface area (Å²) < 4.78 is 5.83. The van der Waals surface area contributed by atoms with Crippen molar-refractivity contribution < 1.29 is 4.74 Å². The Kier molecular flexibility index (Phi) is 7.14. The van der Waals surface area contributed by atoms with Crippen LogP contribution < -0.4 is 5.32 Å². The molecular weight excluding hydrogens is 210 g/mol. The highest BCUT2D eigenvalue weighted by Crippen LogP contribution is 2.39. The molecule has 1 N–H and O–H groups in total. The Hall–Kier alpha value is -0.0800. The Balaban J connectivity index is 2.36. The van der Waals surface area contributed by atoms with Gasteiger partial charge in [0.1, 0.15) is 0 Å². The van der Waals surface area contributed by atoms with E-state index in [-0.39, 0.29) is 5.60 Å². The van der Waals surface area contributed by atoms with Gasteiger partial charge in [0, 0.05) is 13.2 Å². The van der Waals surface area contributed by atoms with Crippen molar-refractivity contribution in [3.8, 4) is 0 Å². The number of nitrogens with one attached hydrogen (secondary N) is 1. The maximum absolute atomic E-state index is 5.83. The normalized spacial score (nSPS) is 19.9. The molecule has 0 radical (unpaired) electrons. The Labute approximate surface area is 108 Å². The quantitative estimate of drug-likeness (QED) is 0.586. The summed E-state index contributed by atoms with van der Waals surface area (Å²) in [6.45, 7) is 5.64. The molecule has 1 atom stereocenters. The van der Waals surface area contributed by atoms with Crippen LogP contribution in [-0.2, 0) is 4.74 Å². The molecule has 0 saturated heterocycles. The lowest BCUT2D eigenvalue weighted by atomic mass is 9.73. The molecule has 0 spiro atoms. The molecule has 0 aromatic carbocycles. The van der Waals surface area contributed by atoms with Crippen molar-refractivity contribution >= 4 is 0 Å². The summed E-state index contributed by atoms with van der Waals surface area (Å²) in [5, 5.41) is 3.72. The van der Waals surface area contributed by atoms with Crippen LogP contribution in [0.5, 0.6) is 0 Å². The highest BCUT2D eigenvalue weighted by Gasteiger charge is 2.43. The van der Waals surface area contributed by atoms with Gasteiger partial charge in [-0.05, 0) is 38.6 Å². The largest absolute Gasteiger partial charge is 0.377 e. The van der Waals surface area contributed by atoms with Crippen molar-refractivity contribution in [1.29, 1.82) is 0 Å². The molecule has 0 aliphatic heterocycles. The number of unbranched alkanes of at least 4 members (excludes halogenated alkanes) is 3. The molecule has 0 heterocycles. The van der Waals surface area contributed by atoms with Crippen molar-refractivity contribution in [3.05, 3.63) is 0 Å². The highest BCUT2D eigenvalue weighted by molar-refractivity contribution is 4.99. The third-order valence-electron chi connectivity index (χ3n) is 4.23. The maximum Gasteiger partial charge on any atom is 0.0831 e. The SMILES string of the molecule is CCCCCCC(NCCC)C1(OC)CCC1. The molecule has 1 aliphatic carbocycles. The summed E-state index contributed by atoms with van der Waals surface area (Å²) in [6.07, 6.45) is 11.8. The summed E-state index contributed by atoms with van der Waals surface area (Å²) in [5.41, 5.74) is 0.168. The molecule has 1 unspecified atom stereocenters. The zero-order valence-corrected chi connectivity index (χ0v) is 12.1. The molecule has 0 aromatic rings. The van der Waals surface area contributed by atoms with Crippen molar-refractivity contribution in [3.63, 3.8) is 0 Å². The van der Waals surface area contributed by atoms with Gasteiger partial charge in [0.2, 0.25) is 0 Å².